The van der Waals surface area contributed by atoms with Crippen molar-refractivity contribution in [1.82, 2.24) is 0 Å². The van der Waals surface area contributed by atoms with Crippen molar-refractivity contribution in [3.05, 3.63) is 0 Å². The standard InChI is InChI=1S/C14H21F7O/c1-3-5-6-10-8-7-9(4-2)11(10)22-14(20,21)12(15,16)13(17,18)19/h9-11H,3-8H2,1-2H3. The number of halogens is 7. The molecule has 0 heterocycles. The third-order valence-electron chi connectivity index (χ3n) is 4.30. The lowest BCUT2D eigenvalue weighted by Crippen LogP contribution is -2.55. The fourth-order valence-electron chi connectivity index (χ4n) is 2.96. The molecule has 0 aromatic rings. The van der Waals surface area contributed by atoms with Crippen molar-refractivity contribution in [2.24, 2.45) is 11.8 Å². The Morgan fingerprint density at radius 1 is 0.909 bits per heavy atom. The van der Waals surface area contributed by atoms with Gasteiger partial charge in [-0.15, -0.1) is 0 Å². The van der Waals surface area contributed by atoms with Gasteiger partial charge < -0.3 is 4.74 Å². The highest BCUT2D eigenvalue weighted by atomic mass is 19.4. The monoisotopic (exact) mass is 338 g/mol. The molecule has 8 heteroatoms. The van der Waals surface area contributed by atoms with Gasteiger partial charge in [0.2, 0.25) is 0 Å². The molecule has 132 valence electrons. The van der Waals surface area contributed by atoms with Gasteiger partial charge in [0.1, 0.15) is 0 Å². The lowest BCUT2D eigenvalue weighted by molar-refractivity contribution is -0.435. The van der Waals surface area contributed by atoms with Crippen LogP contribution < -0.4 is 0 Å². The van der Waals surface area contributed by atoms with Crippen molar-refractivity contribution >= 4 is 0 Å². The minimum Gasteiger partial charge on any atom is -0.311 e. The van der Waals surface area contributed by atoms with E-state index in [1.54, 1.807) is 6.92 Å². The molecule has 3 atom stereocenters. The van der Waals surface area contributed by atoms with Gasteiger partial charge in [0.05, 0.1) is 6.10 Å². The van der Waals surface area contributed by atoms with Crippen LogP contribution in [0.4, 0.5) is 30.7 Å². The van der Waals surface area contributed by atoms with E-state index in [1.165, 1.54) is 0 Å². The van der Waals surface area contributed by atoms with E-state index in [-0.39, 0.29) is 0 Å². The number of ether oxygens (including phenoxy) is 1. The zero-order chi connectivity index (χ0) is 17.2. The van der Waals surface area contributed by atoms with E-state index in [9.17, 15) is 30.7 Å². The SMILES string of the molecule is CCCCC1CCC(CC)C1OC(F)(F)C(F)(F)C(F)(F)F. The number of unbranched alkanes of at least 4 members (excludes halogenated alkanes) is 1. The zero-order valence-electron chi connectivity index (χ0n) is 12.5. The minimum absolute atomic E-state index is 0.403. The first-order chi connectivity index (χ1) is 9.98. The predicted octanol–water partition coefficient (Wildman–Crippen LogP) is 5.79. The average molecular weight is 338 g/mol. The minimum atomic E-state index is -6.35. The summed E-state index contributed by atoms with van der Waals surface area (Å²) in [6.07, 6.45) is -9.78. The highest BCUT2D eigenvalue weighted by Crippen LogP contribution is 2.50. The second-order valence-electron chi connectivity index (χ2n) is 5.82. The van der Waals surface area contributed by atoms with Gasteiger partial charge in [0.25, 0.3) is 0 Å². The van der Waals surface area contributed by atoms with E-state index in [2.05, 4.69) is 4.74 Å². The van der Waals surface area contributed by atoms with Gasteiger partial charge in [0, 0.05) is 0 Å². The maximum absolute atomic E-state index is 13.5. The molecule has 0 amide bonds. The quantitative estimate of drug-likeness (QED) is 0.534. The molecular weight excluding hydrogens is 317 g/mol. The highest BCUT2D eigenvalue weighted by Gasteiger charge is 2.75. The Kier molecular flexibility index (Phi) is 6.14. The van der Waals surface area contributed by atoms with Crippen LogP contribution in [0.5, 0.6) is 0 Å². The number of rotatable bonds is 7. The van der Waals surface area contributed by atoms with Crippen LogP contribution >= 0.6 is 0 Å². The fraction of sp³-hybridized carbons (Fsp3) is 1.00. The Labute approximate surface area is 125 Å². The molecule has 0 aliphatic heterocycles. The smallest absolute Gasteiger partial charge is 0.311 e. The first-order valence-electron chi connectivity index (χ1n) is 7.48. The van der Waals surface area contributed by atoms with Gasteiger partial charge in [-0.3, -0.25) is 0 Å². The number of hydrogen-bond acceptors (Lipinski definition) is 1. The molecule has 1 aliphatic carbocycles. The zero-order valence-corrected chi connectivity index (χ0v) is 12.5. The highest BCUT2D eigenvalue weighted by molar-refractivity contribution is 4.91. The van der Waals surface area contributed by atoms with Crippen LogP contribution in [-0.2, 0) is 4.74 Å². The maximum atomic E-state index is 13.5. The molecule has 0 aromatic heterocycles. The van der Waals surface area contributed by atoms with Gasteiger partial charge in [-0.1, -0.05) is 33.1 Å². The molecule has 1 rings (SSSR count). The Morgan fingerprint density at radius 3 is 1.91 bits per heavy atom. The van der Waals surface area contributed by atoms with Crippen LogP contribution in [0.15, 0.2) is 0 Å². The van der Waals surface area contributed by atoms with Crippen LogP contribution in [-0.4, -0.2) is 24.3 Å². The van der Waals surface area contributed by atoms with Crippen LogP contribution in [0.1, 0.15) is 52.4 Å². The molecule has 22 heavy (non-hydrogen) atoms. The summed E-state index contributed by atoms with van der Waals surface area (Å²) in [6, 6.07) is 0. The first kappa shape index (κ1) is 19.5. The van der Waals surface area contributed by atoms with Crippen molar-refractivity contribution in [3.8, 4) is 0 Å². The van der Waals surface area contributed by atoms with Crippen LogP contribution in [0, 0.1) is 11.8 Å². The molecule has 0 saturated heterocycles. The van der Waals surface area contributed by atoms with E-state index in [0.29, 0.717) is 32.1 Å². The normalized spacial score (nSPS) is 27.4. The summed E-state index contributed by atoms with van der Waals surface area (Å²) in [6.45, 7) is 3.57. The Morgan fingerprint density at radius 2 is 1.45 bits per heavy atom. The summed E-state index contributed by atoms with van der Waals surface area (Å²) in [4.78, 5) is 0. The van der Waals surface area contributed by atoms with E-state index >= 15 is 0 Å². The molecule has 0 spiro atoms. The molecule has 0 radical (unpaired) electrons. The lowest BCUT2D eigenvalue weighted by atomic mass is 9.94. The number of alkyl halides is 7. The van der Waals surface area contributed by atoms with Crippen molar-refractivity contribution < 1.29 is 35.5 Å². The Hall–Kier alpha value is -0.530. The van der Waals surface area contributed by atoms with Gasteiger partial charge in [0.15, 0.2) is 0 Å². The first-order valence-corrected chi connectivity index (χ1v) is 7.48. The fourth-order valence-corrected chi connectivity index (χ4v) is 2.96. The summed E-state index contributed by atoms with van der Waals surface area (Å²) in [5.74, 6) is -7.02. The van der Waals surface area contributed by atoms with Gasteiger partial charge in [-0.25, -0.2) is 0 Å². The summed E-state index contributed by atoms with van der Waals surface area (Å²) in [5.41, 5.74) is 0. The van der Waals surface area contributed by atoms with Crippen LogP contribution in [0.25, 0.3) is 0 Å². The molecule has 1 fully saturated rings. The second kappa shape index (κ2) is 6.93. The largest absolute Gasteiger partial charge is 0.462 e. The summed E-state index contributed by atoms with van der Waals surface area (Å²) in [7, 11) is 0. The van der Waals surface area contributed by atoms with Crippen LogP contribution in [0.3, 0.4) is 0 Å². The van der Waals surface area contributed by atoms with Gasteiger partial charge in [-0.2, -0.15) is 30.7 Å². The Balaban J connectivity index is 2.91. The number of hydrogen-bond donors (Lipinski definition) is 0. The Bertz CT molecular complexity index is 354. The van der Waals surface area contributed by atoms with Crippen molar-refractivity contribution in [2.45, 2.75) is 76.7 Å². The topological polar surface area (TPSA) is 9.23 Å². The lowest BCUT2D eigenvalue weighted by Gasteiger charge is -2.33. The third-order valence-corrected chi connectivity index (χ3v) is 4.30. The molecule has 1 saturated carbocycles. The molecule has 0 bridgehead atoms. The van der Waals surface area contributed by atoms with E-state index < -0.39 is 36.1 Å². The van der Waals surface area contributed by atoms with Crippen LogP contribution in [0.2, 0.25) is 0 Å². The summed E-state index contributed by atoms with van der Waals surface area (Å²) < 4.78 is 93.5. The van der Waals surface area contributed by atoms with Gasteiger partial charge >= 0.3 is 18.2 Å². The van der Waals surface area contributed by atoms with E-state index in [4.69, 9.17) is 0 Å². The predicted molar refractivity (Wildman–Crippen MR) is 66.9 cm³/mol. The average Bonchev–Trinajstić information content (AvgIpc) is 2.76. The van der Waals surface area contributed by atoms with E-state index in [0.717, 1.165) is 6.42 Å². The van der Waals surface area contributed by atoms with E-state index in [1.807, 2.05) is 6.92 Å². The molecule has 1 nitrogen and oxygen atoms in total. The van der Waals surface area contributed by atoms with Crippen molar-refractivity contribution in [3.63, 3.8) is 0 Å². The van der Waals surface area contributed by atoms with Crippen molar-refractivity contribution in [1.29, 1.82) is 0 Å². The molecule has 0 N–H and O–H groups in total. The summed E-state index contributed by atoms with van der Waals surface area (Å²) >= 11 is 0. The molecule has 1 aliphatic rings. The maximum Gasteiger partial charge on any atom is 0.462 e. The third kappa shape index (κ3) is 3.86. The molecule has 0 aromatic carbocycles. The second-order valence-corrected chi connectivity index (χ2v) is 5.82. The van der Waals surface area contributed by atoms with Crippen molar-refractivity contribution in [2.75, 3.05) is 0 Å². The molecular formula is C14H21F7O. The molecule has 3 unspecified atom stereocenters. The van der Waals surface area contributed by atoms with Gasteiger partial charge in [-0.05, 0) is 31.1 Å². The summed E-state index contributed by atoms with van der Waals surface area (Å²) in [5, 5.41) is 0.